The maximum atomic E-state index is 5.38. The Bertz CT molecular complexity index is 277. The summed E-state index contributed by atoms with van der Waals surface area (Å²) in [5.74, 6) is 0.692. The number of nitrogen functional groups attached to an aromatic ring is 1. The van der Waals surface area contributed by atoms with E-state index < -0.39 is 0 Å². The molecule has 1 rings (SSSR count). The van der Waals surface area contributed by atoms with Crippen LogP contribution >= 0.6 is 15.9 Å². The number of hydrogen-bond donors (Lipinski definition) is 1. The van der Waals surface area contributed by atoms with Crippen molar-refractivity contribution in [2.75, 3.05) is 12.8 Å². The SMILES string of the molecule is COc1nc(N)nc(C)c1Br. The Kier molecular flexibility index (Phi) is 2.28. The average molecular weight is 218 g/mol. The number of rotatable bonds is 1. The summed E-state index contributed by atoms with van der Waals surface area (Å²) in [5.41, 5.74) is 6.15. The molecule has 0 aliphatic rings. The summed E-state index contributed by atoms with van der Waals surface area (Å²) in [6, 6.07) is 0. The highest BCUT2D eigenvalue weighted by Gasteiger charge is 2.06. The van der Waals surface area contributed by atoms with Gasteiger partial charge in [0.25, 0.3) is 0 Å². The second kappa shape index (κ2) is 3.04. The molecule has 1 aromatic rings. The lowest BCUT2D eigenvalue weighted by Crippen LogP contribution is -2.00. The molecule has 0 saturated heterocycles. The monoisotopic (exact) mass is 217 g/mol. The van der Waals surface area contributed by atoms with Crippen LogP contribution in [0.25, 0.3) is 0 Å². The summed E-state index contributed by atoms with van der Waals surface area (Å²) in [6.45, 7) is 1.82. The van der Waals surface area contributed by atoms with Crippen LogP contribution in [-0.2, 0) is 0 Å². The van der Waals surface area contributed by atoms with Crippen LogP contribution < -0.4 is 10.5 Å². The van der Waals surface area contributed by atoms with Crippen molar-refractivity contribution in [1.29, 1.82) is 0 Å². The molecular formula is C6H8BrN3O. The predicted octanol–water partition coefficient (Wildman–Crippen LogP) is 1.14. The summed E-state index contributed by atoms with van der Waals surface area (Å²) in [7, 11) is 1.53. The zero-order valence-electron chi connectivity index (χ0n) is 6.26. The van der Waals surface area contributed by atoms with E-state index in [1.54, 1.807) is 0 Å². The normalized spacial score (nSPS) is 9.73. The van der Waals surface area contributed by atoms with Gasteiger partial charge in [-0.1, -0.05) is 0 Å². The van der Waals surface area contributed by atoms with Crippen molar-refractivity contribution in [2.24, 2.45) is 0 Å². The van der Waals surface area contributed by atoms with Crippen LogP contribution in [-0.4, -0.2) is 17.1 Å². The number of nitrogens with two attached hydrogens (primary N) is 1. The molecule has 0 aliphatic carbocycles. The van der Waals surface area contributed by atoms with Crippen molar-refractivity contribution >= 4 is 21.9 Å². The van der Waals surface area contributed by atoms with Gasteiger partial charge >= 0.3 is 0 Å². The lowest BCUT2D eigenvalue weighted by molar-refractivity contribution is 0.394. The molecule has 0 saturated carbocycles. The fourth-order valence-corrected chi connectivity index (χ4v) is 1.03. The second-order valence-electron chi connectivity index (χ2n) is 1.99. The molecule has 1 heterocycles. The number of nitrogens with zero attached hydrogens (tertiary/aromatic N) is 2. The maximum Gasteiger partial charge on any atom is 0.232 e. The van der Waals surface area contributed by atoms with E-state index in [4.69, 9.17) is 10.5 Å². The lowest BCUT2D eigenvalue weighted by atomic mass is 10.4. The lowest BCUT2D eigenvalue weighted by Gasteiger charge is -2.03. The summed E-state index contributed by atoms with van der Waals surface area (Å²) >= 11 is 3.27. The Balaban J connectivity index is 3.24. The van der Waals surface area contributed by atoms with Crippen molar-refractivity contribution in [3.8, 4) is 5.88 Å². The van der Waals surface area contributed by atoms with Crippen LogP contribution in [0.15, 0.2) is 4.47 Å². The standard InChI is InChI=1S/C6H8BrN3O/c1-3-4(7)5(11-2)10-6(8)9-3/h1-2H3,(H2,8,9,10). The van der Waals surface area contributed by atoms with E-state index >= 15 is 0 Å². The highest BCUT2D eigenvalue weighted by Crippen LogP contribution is 2.24. The Hall–Kier alpha value is -0.840. The second-order valence-corrected chi connectivity index (χ2v) is 2.78. The van der Waals surface area contributed by atoms with Crippen molar-refractivity contribution in [1.82, 2.24) is 9.97 Å². The molecule has 4 nitrogen and oxygen atoms in total. The van der Waals surface area contributed by atoms with Gasteiger partial charge in [0.2, 0.25) is 11.8 Å². The molecule has 11 heavy (non-hydrogen) atoms. The quantitative estimate of drug-likeness (QED) is 0.767. The molecule has 0 spiro atoms. The van der Waals surface area contributed by atoms with Crippen LogP contribution in [0.1, 0.15) is 5.69 Å². The molecule has 0 aromatic carbocycles. The Morgan fingerprint density at radius 3 is 2.64 bits per heavy atom. The first-order valence-corrected chi connectivity index (χ1v) is 3.78. The molecule has 0 unspecified atom stereocenters. The third-order valence-electron chi connectivity index (χ3n) is 1.20. The van der Waals surface area contributed by atoms with Gasteiger partial charge in [-0.25, -0.2) is 4.98 Å². The molecule has 5 heteroatoms. The van der Waals surface area contributed by atoms with Gasteiger partial charge in [0, 0.05) is 0 Å². The van der Waals surface area contributed by atoms with Crippen molar-refractivity contribution in [3.63, 3.8) is 0 Å². The van der Waals surface area contributed by atoms with E-state index in [0.29, 0.717) is 5.88 Å². The molecule has 0 bridgehead atoms. The first kappa shape index (κ1) is 8.26. The van der Waals surface area contributed by atoms with Crippen LogP contribution in [0, 0.1) is 6.92 Å². The third kappa shape index (κ3) is 1.59. The largest absolute Gasteiger partial charge is 0.480 e. The van der Waals surface area contributed by atoms with Crippen molar-refractivity contribution in [3.05, 3.63) is 10.2 Å². The van der Waals surface area contributed by atoms with Gasteiger partial charge in [-0.2, -0.15) is 4.98 Å². The molecule has 60 valence electrons. The van der Waals surface area contributed by atoms with Crippen molar-refractivity contribution < 1.29 is 4.74 Å². The molecular weight excluding hydrogens is 210 g/mol. The smallest absolute Gasteiger partial charge is 0.232 e. The summed E-state index contributed by atoms with van der Waals surface area (Å²) in [6.07, 6.45) is 0. The number of ether oxygens (including phenoxy) is 1. The molecule has 0 fully saturated rings. The predicted molar refractivity (Wildman–Crippen MR) is 45.4 cm³/mol. The molecule has 0 radical (unpaired) electrons. The highest BCUT2D eigenvalue weighted by atomic mass is 79.9. The molecule has 1 aromatic heterocycles. The van der Waals surface area contributed by atoms with E-state index in [0.717, 1.165) is 10.2 Å². The first-order chi connectivity index (χ1) is 5.15. The van der Waals surface area contributed by atoms with Crippen LogP contribution in [0.2, 0.25) is 0 Å². The number of aryl methyl sites for hydroxylation is 1. The first-order valence-electron chi connectivity index (χ1n) is 2.98. The van der Waals surface area contributed by atoms with E-state index in [2.05, 4.69) is 25.9 Å². The molecule has 0 aliphatic heterocycles. The molecule has 0 atom stereocenters. The van der Waals surface area contributed by atoms with E-state index in [1.807, 2.05) is 6.92 Å². The highest BCUT2D eigenvalue weighted by molar-refractivity contribution is 9.10. The fraction of sp³-hybridized carbons (Fsp3) is 0.333. The average Bonchev–Trinajstić information content (AvgIpc) is 1.96. The Morgan fingerprint density at radius 1 is 1.45 bits per heavy atom. The third-order valence-corrected chi connectivity index (χ3v) is 2.11. The maximum absolute atomic E-state index is 5.38. The van der Waals surface area contributed by atoms with Gasteiger partial charge < -0.3 is 10.5 Å². The van der Waals surface area contributed by atoms with Crippen molar-refractivity contribution in [2.45, 2.75) is 6.92 Å². The summed E-state index contributed by atoms with van der Waals surface area (Å²) in [4.78, 5) is 7.77. The fourth-order valence-electron chi connectivity index (χ4n) is 0.689. The minimum absolute atomic E-state index is 0.225. The van der Waals surface area contributed by atoms with Gasteiger partial charge in [-0.05, 0) is 22.9 Å². The molecule has 2 N–H and O–H groups in total. The van der Waals surface area contributed by atoms with Crippen LogP contribution in [0.5, 0.6) is 5.88 Å². The number of halogens is 1. The van der Waals surface area contributed by atoms with E-state index in [1.165, 1.54) is 7.11 Å². The Morgan fingerprint density at radius 2 is 2.09 bits per heavy atom. The van der Waals surface area contributed by atoms with Gasteiger partial charge in [0.1, 0.15) is 4.47 Å². The number of anilines is 1. The van der Waals surface area contributed by atoms with Crippen LogP contribution in [0.4, 0.5) is 5.95 Å². The number of aromatic nitrogens is 2. The van der Waals surface area contributed by atoms with E-state index in [9.17, 15) is 0 Å². The van der Waals surface area contributed by atoms with Gasteiger partial charge in [-0.15, -0.1) is 0 Å². The number of hydrogen-bond acceptors (Lipinski definition) is 4. The molecule has 0 amide bonds. The summed E-state index contributed by atoms with van der Waals surface area (Å²) < 4.78 is 5.67. The number of methoxy groups -OCH3 is 1. The Labute approximate surface area is 72.9 Å². The van der Waals surface area contributed by atoms with Gasteiger partial charge in [0.05, 0.1) is 12.8 Å². The minimum Gasteiger partial charge on any atom is -0.480 e. The van der Waals surface area contributed by atoms with Crippen LogP contribution in [0.3, 0.4) is 0 Å². The topological polar surface area (TPSA) is 61.0 Å². The summed E-state index contributed by atoms with van der Waals surface area (Å²) in [5, 5.41) is 0. The van der Waals surface area contributed by atoms with Gasteiger partial charge in [0.15, 0.2) is 0 Å². The zero-order chi connectivity index (χ0) is 8.43. The minimum atomic E-state index is 0.225. The zero-order valence-corrected chi connectivity index (χ0v) is 7.84. The van der Waals surface area contributed by atoms with E-state index in [-0.39, 0.29) is 5.95 Å². The van der Waals surface area contributed by atoms with Gasteiger partial charge in [-0.3, -0.25) is 0 Å².